The number of hydrogen-bond donors (Lipinski definition) is 1. The standard InChI is InChI=1S/C12H16FNO2/c13-11-2-1-3-12(10(11)8-14)16-9-4-6-15-7-5-9/h1-3,9H,4-8,14H2. The van der Waals surface area contributed by atoms with Crippen molar-refractivity contribution in [3.05, 3.63) is 29.6 Å². The summed E-state index contributed by atoms with van der Waals surface area (Å²) in [4.78, 5) is 0. The van der Waals surface area contributed by atoms with Gasteiger partial charge in [0, 0.05) is 24.9 Å². The summed E-state index contributed by atoms with van der Waals surface area (Å²) >= 11 is 0. The first kappa shape index (κ1) is 11.4. The van der Waals surface area contributed by atoms with Gasteiger partial charge in [-0.15, -0.1) is 0 Å². The number of rotatable bonds is 3. The lowest BCUT2D eigenvalue weighted by Crippen LogP contribution is -2.26. The molecule has 0 bridgehead atoms. The third-order valence-electron chi connectivity index (χ3n) is 2.74. The van der Waals surface area contributed by atoms with Crippen molar-refractivity contribution in [3.63, 3.8) is 0 Å². The fourth-order valence-corrected chi connectivity index (χ4v) is 1.82. The van der Waals surface area contributed by atoms with Gasteiger partial charge in [-0.3, -0.25) is 0 Å². The molecular formula is C12H16FNO2. The molecule has 0 saturated carbocycles. The molecule has 4 heteroatoms. The molecule has 2 rings (SSSR count). The van der Waals surface area contributed by atoms with Crippen molar-refractivity contribution in [3.8, 4) is 5.75 Å². The van der Waals surface area contributed by atoms with E-state index in [4.69, 9.17) is 15.2 Å². The minimum atomic E-state index is -0.299. The Kier molecular flexibility index (Phi) is 3.74. The zero-order chi connectivity index (χ0) is 11.4. The van der Waals surface area contributed by atoms with Gasteiger partial charge in [-0.25, -0.2) is 4.39 Å². The average Bonchev–Trinajstić information content (AvgIpc) is 2.31. The Balaban J connectivity index is 2.10. The molecule has 16 heavy (non-hydrogen) atoms. The molecule has 0 amide bonds. The Bertz CT molecular complexity index is 351. The first-order chi connectivity index (χ1) is 7.81. The second-order valence-corrected chi connectivity index (χ2v) is 3.85. The Morgan fingerprint density at radius 1 is 1.38 bits per heavy atom. The molecule has 0 spiro atoms. The van der Waals surface area contributed by atoms with E-state index in [-0.39, 0.29) is 18.5 Å². The lowest BCUT2D eigenvalue weighted by Gasteiger charge is -2.24. The highest BCUT2D eigenvalue weighted by atomic mass is 19.1. The highest BCUT2D eigenvalue weighted by molar-refractivity contribution is 5.34. The van der Waals surface area contributed by atoms with E-state index in [2.05, 4.69) is 0 Å². The molecule has 0 unspecified atom stereocenters. The van der Waals surface area contributed by atoms with Crippen LogP contribution in [-0.4, -0.2) is 19.3 Å². The third-order valence-corrected chi connectivity index (χ3v) is 2.74. The van der Waals surface area contributed by atoms with E-state index in [9.17, 15) is 4.39 Å². The summed E-state index contributed by atoms with van der Waals surface area (Å²) in [5.41, 5.74) is 5.96. The Hall–Kier alpha value is -1.13. The first-order valence-electron chi connectivity index (χ1n) is 5.53. The summed E-state index contributed by atoms with van der Waals surface area (Å²) < 4.78 is 24.4. The van der Waals surface area contributed by atoms with Crippen LogP contribution < -0.4 is 10.5 Å². The van der Waals surface area contributed by atoms with Gasteiger partial charge in [0.25, 0.3) is 0 Å². The van der Waals surface area contributed by atoms with Crippen LogP contribution in [0.5, 0.6) is 5.75 Å². The van der Waals surface area contributed by atoms with E-state index >= 15 is 0 Å². The Morgan fingerprint density at radius 2 is 2.12 bits per heavy atom. The van der Waals surface area contributed by atoms with Crippen LogP contribution in [-0.2, 0) is 11.3 Å². The second-order valence-electron chi connectivity index (χ2n) is 3.85. The van der Waals surface area contributed by atoms with Crippen LogP contribution in [0.3, 0.4) is 0 Å². The van der Waals surface area contributed by atoms with Crippen molar-refractivity contribution < 1.29 is 13.9 Å². The van der Waals surface area contributed by atoms with Crippen LogP contribution in [0.15, 0.2) is 18.2 Å². The van der Waals surface area contributed by atoms with Gasteiger partial charge < -0.3 is 15.2 Å². The maximum atomic E-state index is 13.4. The molecule has 1 heterocycles. The molecule has 1 fully saturated rings. The van der Waals surface area contributed by atoms with Crippen molar-refractivity contribution in [1.82, 2.24) is 0 Å². The van der Waals surface area contributed by atoms with Crippen LogP contribution in [0.1, 0.15) is 18.4 Å². The van der Waals surface area contributed by atoms with Crippen molar-refractivity contribution in [2.75, 3.05) is 13.2 Å². The fourth-order valence-electron chi connectivity index (χ4n) is 1.82. The molecule has 0 atom stereocenters. The summed E-state index contributed by atoms with van der Waals surface area (Å²) in [5, 5.41) is 0. The zero-order valence-electron chi connectivity index (χ0n) is 9.12. The zero-order valence-corrected chi connectivity index (χ0v) is 9.12. The van der Waals surface area contributed by atoms with E-state index in [0.717, 1.165) is 12.8 Å². The molecule has 0 aliphatic carbocycles. The summed E-state index contributed by atoms with van der Waals surface area (Å²) in [7, 11) is 0. The molecule has 1 aromatic carbocycles. The lowest BCUT2D eigenvalue weighted by atomic mass is 10.1. The predicted molar refractivity (Wildman–Crippen MR) is 58.8 cm³/mol. The normalized spacial score (nSPS) is 17.4. The van der Waals surface area contributed by atoms with Gasteiger partial charge in [-0.2, -0.15) is 0 Å². The summed E-state index contributed by atoms with van der Waals surface area (Å²) in [5.74, 6) is 0.265. The van der Waals surface area contributed by atoms with E-state index in [1.807, 2.05) is 0 Å². The van der Waals surface area contributed by atoms with Crippen LogP contribution in [0, 0.1) is 5.82 Å². The summed E-state index contributed by atoms with van der Waals surface area (Å²) in [6.07, 6.45) is 1.81. The van der Waals surface area contributed by atoms with Crippen molar-refractivity contribution >= 4 is 0 Å². The van der Waals surface area contributed by atoms with Crippen molar-refractivity contribution in [2.45, 2.75) is 25.5 Å². The number of hydrogen-bond acceptors (Lipinski definition) is 3. The highest BCUT2D eigenvalue weighted by Crippen LogP contribution is 2.24. The molecular weight excluding hydrogens is 209 g/mol. The molecule has 1 saturated heterocycles. The molecule has 3 nitrogen and oxygen atoms in total. The first-order valence-corrected chi connectivity index (χ1v) is 5.53. The third kappa shape index (κ3) is 2.51. The van der Waals surface area contributed by atoms with Gasteiger partial charge in [0.2, 0.25) is 0 Å². The van der Waals surface area contributed by atoms with Gasteiger partial charge in [0.1, 0.15) is 17.7 Å². The summed E-state index contributed by atoms with van der Waals surface area (Å²) in [6, 6.07) is 4.81. The Labute approximate surface area is 94.3 Å². The molecule has 1 aliphatic heterocycles. The SMILES string of the molecule is NCc1c(F)cccc1OC1CCOCC1. The van der Waals surface area contributed by atoms with Gasteiger partial charge >= 0.3 is 0 Å². The molecule has 0 aromatic heterocycles. The molecule has 1 aliphatic rings. The van der Waals surface area contributed by atoms with E-state index in [0.29, 0.717) is 24.5 Å². The highest BCUT2D eigenvalue weighted by Gasteiger charge is 2.17. The molecule has 1 aromatic rings. The van der Waals surface area contributed by atoms with Crippen molar-refractivity contribution in [2.24, 2.45) is 5.73 Å². The molecule has 88 valence electrons. The van der Waals surface area contributed by atoms with Crippen molar-refractivity contribution in [1.29, 1.82) is 0 Å². The maximum absolute atomic E-state index is 13.4. The van der Waals surface area contributed by atoms with E-state index in [1.165, 1.54) is 6.07 Å². The quantitative estimate of drug-likeness (QED) is 0.853. The monoisotopic (exact) mass is 225 g/mol. The van der Waals surface area contributed by atoms with Gasteiger partial charge in [0.15, 0.2) is 0 Å². The number of ether oxygens (including phenoxy) is 2. The lowest BCUT2D eigenvalue weighted by molar-refractivity contribution is 0.0250. The molecule has 0 radical (unpaired) electrons. The molecule has 2 N–H and O–H groups in total. The fraction of sp³-hybridized carbons (Fsp3) is 0.500. The van der Waals surface area contributed by atoms with Crippen LogP contribution in [0.25, 0.3) is 0 Å². The van der Waals surface area contributed by atoms with Crippen LogP contribution in [0.4, 0.5) is 4.39 Å². The maximum Gasteiger partial charge on any atom is 0.131 e. The minimum Gasteiger partial charge on any atom is -0.490 e. The number of nitrogens with two attached hydrogens (primary N) is 1. The second kappa shape index (κ2) is 5.27. The smallest absolute Gasteiger partial charge is 0.131 e. The van der Waals surface area contributed by atoms with Gasteiger partial charge in [0.05, 0.1) is 13.2 Å². The van der Waals surface area contributed by atoms with E-state index < -0.39 is 0 Å². The van der Waals surface area contributed by atoms with Crippen LogP contribution in [0.2, 0.25) is 0 Å². The van der Waals surface area contributed by atoms with Gasteiger partial charge in [-0.05, 0) is 12.1 Å². The number of benzene rings is 1. The number of halogens is 1. The Morgan fingerprint density at radius 3 is 2.81 bits per heavy atom. The van der Waals surface area contributed by atoms with E-state index in [1.54, 1.807) is 12.1 Å². The van der Waals surface area contributed by atoms with Crippen LogP contribution >= 0.6 is 0 Å². The predicted octanol–water partition coefficient (Wildman–Crippen LogP) is 1.84. The van der Waals surface area contributed by atoms with Gasteiger partial charge in [-0.1, -0.05) is 6.07 Å². The average molecular weight is 225 g/mol. The minimum absolute atomic E-state index is 0.112. The largest absolute Gasteiger partial charge is 0.490 e. The topological polar surface area (TPSA) is 44.5 Å². The summed E-state index contributed by atoms with van der Waals surface area (Å²) in [6.45, 7) is 1.57.